The minimum atomic E-state index is -0.457. The van der Waals surface area contributed by atoms with Gasteiger partial charge in [-0.1, -0.05) is 6.92 Å². The van der Waals surface area contributed by atoms with Crippen molar-refractivity contribution >= 4 is 17.8 Å². The molecule has 102 valence electrons. The molecule has 0 aromatic carbocycles. The van der Waals surface area contributed by atoms with Crippen molar-refractivity contribution in [1.82, 2.24) is 10.2 Å². The first kappa shape index (κ1) is 14.5. The van der Waals surface area contributed by atoms with Crippen LogP contribution in [-0.4, -0.2) is 49.9 Å². The van der Waals surface area contributed by atoms with Gasteiger partial charge in [-0.3, -0.25) is 14.4 Å². The Bertz CT molecular complexity index is 343. The van der Waals surface area contributed by atoms with Crippen LogP contribution in [0.1, 0.15) is 19.8 Å². The summed E-state index contributed by atoms with van der Waals surface area (Å²) < 4.78 is 4.46. The Hall–Kier alpha value is -1.59. The minimum Gasteiger partial charge on any atom is -0.468 e. The van der Waals surface area contributed by atoms with Crippen LogP contribution < -0.4 is 5.32 Å². The van der Waals surface area contributed by atoms with E-state index in [1.165, 1.54) is 19.1 Å². The first-order valence-electron chi connectivity index (χ1n) is 6.04. The number of hydrogen-bond donors (Lipinski definition) is 1. The molecule has 0 bridgehead atoms. The highest BCUT2D eigenvalue weighted by molar-refractivity contribution is 5.84. The number of ether oxygens (including phenoxy) is 1. The van der Waals surface area contributed by atoms with Gasteiger partial charge in [-0.2, -0.15) is 0 Å². The Labute approximate surface area is 107 Å². The number of nitrogens with zero attached hydrogens (tertiary/aromatic N) is 1. The first-order chi connectivity index (χ1) is 8.45. The van der Waals surface area contributed by atoms with Gasteiger partial charge in [-0.25, -0.2) is 0 Å². The molecular weight excluding hydrogens is 236 g/mol. The van der Waals surface area contributed by atoms with Crippen molar-refractivity contribution in [3.05, 3.63) is 0 Å². The highest BCUT2D eigenvalue weighted by atomic mass is 16.5. The number of nitrogens with one attached hydrogen (secondary N) is 1. The van der Waals surface area contributed by atoms with Crippen molar-refractivity contribution in [2.75, 3.05) is 27.2 Å². The summed E-state index contributed by atoms with van der Waals surface area (Å²) in [5, 5.41) is 2.73. The van der Waals surface area contributed by atoms with Gasteiger partial charge in [-0.15, -0.1) is 0 Å². The molecule has 2 unspecified atom stereocenters. The molecule has 0 aromatic heterocycles. The monoisotopic (exact) mass is 256 g/mol. The fourth-order valence-corrected chi connectivity index (χ4v) is 1.65. The van der Waals surface area contributed by atoms with Crippen LogP contribution in [-0.2, 0) is 19.1 Å². The molecule has 1 N–H and O–H groups in total. The summed E-state index contributed by atoms with van der Waals surface area (Å²) in [4.78, 5) is 35.3. The second-order valence-electron chi connectivity index (χ2n) is 4.69. The van der Waals surface area contributed by atoms with Gasteiger partial charge < -0.3 is 15.0 Å². The highest BCUT2D eigenvalue weighted by Gasteiger charge is 2.38. The summed E-state index contributed by atoms with van der Waals surface area (Å²) in [7, 11) is 2.81. The van der Waals surface area contributed by atoms with Crippen LogP contribution >= 0.6 is 0 Å². The molecule has 2 amide bonds. The number of methoxy groups -OCH3 is 1. The second kappa shape index (κ2) is 6.37. The lowest BCUT2D eigenvalue weighted by Crippen LogP contribution is -2.35. The molecule has 6 heteroatoms. The number of esters is 1. The normalized spacial score (nSPS) is 21.1. The Morgan fingerprint density at radius 2 is 2.00 bits per heavy atom. The maximum absolute atomic E-state index is 11.6. The van der Waals surface area contributed by atoms with E-state index in [1.807, 2.05) is 6.92 Å². The zero-order valence-electron chi connectivity index (χ0n) is 11.1. The summed E-state index contributed by atoms with van der Waals surface area (Å²) >= 11 is 0. The third-order valence-corrected chi connectivity index (χ3v) is 3.10. The molecule has 1 aliphatic rings. The van der Waals surface area contributed by atoms with E-state index in [9.17, 15) is 14.4 Å². The van der Waals surface area contributed by atoms with Crippen LogP contribution in [0.4, 0.5) is 0 Å². The van der Waals surface area contributed by atoms with E-state index >= 15 is 0 Å². The maximum Gasteiger partial charge on any atom is 0.325 e. The molecule has 1 fully saturated rings. The van der Waals surface area contributed by atoms with Crippen molar-refractivity contribution in [3.63, 3.8) is 0 Å². The van der Waals surface area contributed by atoms with Crippen molar-refractivity contribution in [2.45, 2.75) is 19.8 Å². The van der Waals surface area contributed by atoms with E-state index in [4.69, 9.17) is 0 Å². The zero-order valence-corrected chi connectivity index (χ0v) is 11.1. The molecule has 2 atom stereocenters. The first-order valence-corrected chi connectivity index (χ1v) is 6.04. The van der Waals surface area contributed by atoms with Crippen LogP contribution in [0.15, 0.2) is 0 Å². The third kappa shape index (κ3) is 4.35. The molecule has 1 aliphatic carbocycles. The lowest BCUT2D eigenvalue weighted by atomic mass is 10.3. The average Bonchev–Trinajstić information content (AvgIpc) is 3.05. The SMILES string of the molecule is COC(=O)CN(C)C(=O)CCNC(=O)C1CC1C. The molecule has 18 heavy (non-hydrogen) atoms. The molecule has 1 rings (SSSR count). The van der Waals surface area contributed by atoms with Crippen molar-refractivity contribution in [3.8, 4) is 0 Å². The van der Waals surface area contributed by atoms with Gasteiger partial charge >= 0.3 is 5.97 Å². The number of hydrogen-bond acceptors (Lipinski definition) is 4. The molecule has 0 aliphatic heterocycles. The summed E-state index contributed by atoms with van der Waals surface area (Å²) in [6.07, 6.45) is 1.13. The largest absolute Gasteiger partial charge is 0.468 e. The van der Waals surface area contributed by atoms with Gasteiger partial charge in [0.2, 0.25) is 11.8 Å². The van der Waals surface area contributed by atoms with Gasteiger partial charge in [0.25, 0.3) is 0 Å². The van der Waals surface area contributed by atoms with Crippen LogP contribution in [0.25, 0.3) is 0 Å². The van der Waals surface area contributed by atoms with Gasteiger partial charge in [-0.05, 0) is 12.3 Å². The molecule has 1 saturated carbocycles. The summed E-state index contributed by atoms with van der Waals surface area (Å²) in [6, 6.07) is 0. The van der Waals surface area contributed by atoms with E-state index in [0.29, 0.717) is 12.5 Å². The van der Waals surface area contributed by atoms with Crippen molar-refractivity contribution in [1.29, 1.82) is 0 Å². The molecule has 0 saturated heterocycles. The number of likely N-dealkylation sites (N-methyl/N-ethyl adjacent to an activating group) is 1. The predicted molar refractivity (Wildman–Crippen MR) is 64.6 cm³/mol. The van der Waals surface area contributed by atoms with Crippen LogP contribution in [0.5, 0.6) is 0 Å². The second-order valence-corrected chi connectivity index (χ2v) is 4.69. The lowest BCUT2D eigenvalue weighted by Gasteiger charge is -2.15. The van der Waals surface area contributed by atoms with Crippen molar-refractivity contribution in [2.24, 2.45) is 11.8 Å². The van der Waals surface area contributed by atoms with Gasteiger partial charge in [0, 0.05) is 25.9 Å². The zero-order chi connectivity index (χ0) is 13.7. The number of amides is 2. The molecular formula is C12H20N2O4. The Kier molecular flexibility index (Phi) is 5.12. The topological polar surface area (TPSA) is 75.7 Å². The Morgan fingerprint density at radius 3 is 2.50 bits per heavy atom. The summed E-state index contributed by atoms with van der Waals surface area (Å²) in [5.41, 5.74) is 0. The van der Waals surface area contributed by atoms with Gasteiger partial charge in [0.1, 0.15) is 6.54 Å². The van der Waals surface area contributed by atoms with Crippen LogP contribution in [0.2, 0.25) is 0 Å². The van der Waals surface area contributed by atoms with Gasteiger partial charge in [0.15, 0.2) is 0 Å². The van der Waals surface area contributed by atoms with E-state index < -0.39 is 5.97 Å². The van der Waals surface area contributed by atoms with Crippen LogP contribution in [0, 0.1) is 11.8 Å². The quantitative estimate of drug-likeness (QED) is 0.667. The highest BCUT2D eigenvalue weighted by Crippen LogP contribution is 2.37. The molecule has 0 aromatic rings. The van der Waals surface area contributed by atoms with E-state index in [-0.39, 0.29) is 30.7 Å². The number of rotatable bonds is 6. The maximum atomic E-state index is 11.6. The molecule has 6 nitrogen and oxygen atoms in total. The van der Waals surface area contributed by atoms with Gasteiger partial charge in [0.05, 0.1) is 7.11 Å². The number of carbonyl (C=O) groups excluding carboxylic acids is 3. The fourth-order valence-electron chi connectivity index (χ4n) is 1.65. The van der Waals surface area contributed by atoms with Crippen molar-refractivity contribution < 1.29 is 19.1 Å². The third-order valence-electron chi connectivity index (χ3n) is 3.10. The Morgan fingerprint density at radius 1 is 1.39 bits per heavy atom. The summed E-state index contributed by atoms with van der Waals surface area (Å²) in [6.45, 7) is 2.27. The standard InChI is InChI=1S/C12H20N2O4/c1-8-6-9(8)12(17)13-5-4-10(15)14(2)7-11(16)18-3/h8-9H,4-7H2,1-3H3,(H,13,17). The molecule has 0 spiro atoms. The van der Waals surface area contributed by atoms with E-state index in [2.05, 4.69) is 10.1 Å². The fraction of sp³-hybridized carbons (Fsp3) is 0.750. The number of carbonyl (C=O) groups is 3. The van der Waals surface area contributed by atoms with E-state index in [0.717, 1.165) is 6.42 Å². The van der Waals surface area contributed by atoms with E-state index in [1.54, 1.807) is 0 Å². The molecule has 0 heterocycles. The van der Waals surface area contributed by atoms with Crippen LogP contribution in [0.3, 0.4) is 0 Å². The Balaban J connectivity index is 2.16. The average molecular weight is 256 g/mol. The molecule has 0 radical (unpaired) electrons. The minimum absolute atomic E-state index is 0.0194. The summed E-state index contributed by atoms with van der Waals surface area (Å²) in [5.74, 6) is -0.0484. The smallest absolute Gasteiger partial charge is 0.325 e. The predicted octanol–water partition coefficient (Wildman–Crippen LogP) is -0.220. The lowest BCUT2D eigenvalue weighted by molar-refractivity contribution is -0.146.